The molecule has 2 N–H and O–H groups in total. The third kappa shape index (κ3) is 4.61. The van der Waals surface area contributed by atoms with Gasteiger partial charge in [-0.2, -0.15) is 5.10 Å². The van der Waals surface area contributed by atoms with Crippen LogP contribution in [0.3, 0.4) is 0 Å². The van der Waals surface area contributed by atoms with E-state index in [1.54, 1.807) is 12.1 Å². The van der Waals surface area contributed by atoms with Crippen LogP contribution < -0.4 is 10.5 Å². The first-order valence-corrected chi connectivity index (χ1v) is 10.7. The maximum Gasteiger partial charge on any atom is 0.257 e. The minimum Gasteiger partial charge on any atom is -0.497 e. The van der Waals surface area contributed by atoms with E-state index in [1.165, 1.54) is 0 Å². The minimum atomic E-state index is -0.391. The fourth-order valence-electron chi connectivity index (χ4n) is 4.38. The Bertz CT molecular complexity index is 959. The Morgan fingerprint density at radius 2 is 1.84 bits per heavy atom. The molecule has 2 amide bonds. The highest BCUT2D eigenvalue weighted by Crippen LogP contribution is 2.34. The van der Waals surface area contributed by atoms with Crippen LogP contribution >= 0.6 is 0 Å². The van der Waals surface area contributed by atoms with E-state index in [2.05, 4.69) is 0 Å². The number of ether oxygens (including phenoxy) is 1. The van der Waals surface area contributed by atoms with Crippen LogP contribution in [0.15, 0.2) is 59.7 Å². The number of hydrazone groups is 1. The molecule has 0 spiro atoms. The van der Waals surface area contributed by atoms with Crippen molar-refractivity contribution in [2.75, 3.05) is 20.2 Å². The lowest BCUT2D eigenvalue weighted by atomic mass is 9.98. The number of nitrogens with two attached hydrogens (primary N) is 1. The first kappa shape index (κ1) is 21.1. The molecule has 0 radical (unpaired) electrons. The van der Waals surface area contributed by atoms with Crippen LogP contribution in [0, 0.1) is 0 Å². The first-order valence-electron chi connectivity index (χ1n) is 10.7. The Morgan fingerprint density at radius 1 is 1.10 bits per heavy atom. The molecule has 0 aliphatic carbocycles. The number of primary amides is 1. The molecule has 31 heavy (non-hydrogen) atoms. The third-order valence-electron chi connectivity index (χ3n) is 6.05. The maximum absolute atomic E-state index is 13.4. The molecule has 0 bridgehead atoms. The van der Waals surface area contributed by atoms with Gasteiger partial charge in [-0.3, -0.25) is 14.5 Å². The van der Waals surface area contributed by atoms with Gasteiger partial charge in [-0.05, 0) is 42.6 Å². The van der Waals surface area contributed by atoms with Gasteiger partial charge >= 0.3 is 0 Å². The van der Waals surface area contributed by atoms with Crippen LogP contribution in [0.25, 0.3) is 0 Å². The molecule has 1 saturated heterocycles. The lowest BCUT2D eigenvalue weighted by Gasteiger charge is -2.34. The molecular weight excluding hydrogens is 392 g/mol. The van der Waals surface area contributed by atoms with Crippen LogP contribution in [0.2, 0.25) is 0 Å². The van der Waals surface area contributed by atoms with Crippen molar-refractivity contribution >= 4 is 17.5 Å². The highest BCUT2D eigenvalue weighted by Gasteiger charge is 2.36. The zero-order valence-electron chi connectivity index (χ0n) is 17.7. The summed E-state index contributed by atoms with van der Waals surface area (Å²) in [6, 6.07) is 17.0. The number of nitrogens with zero attached hydrogens (tertiary/aromatic N) is 3. The smallest absolute Gasteiger partial charge is 0.257 e. The summed E-state index contributed by atoms with van der Waals surface area (Å²) in [6.07, 6.45) is 3.23. The number of amides is 2. The SMILES string of the molecule is COc1ccc([C@H]2CC(c3ccccc3)=NN2C(=O)CN2CCCC[C@H]2C(N)=O)cc1. The number of piperidine rings is 1. The summed E-state index contributed by atoms with van der Waals surface area (Å²) >= 11 is 0. The Morgan fingerprint density at radius 3 is 2.52 bits per heavy atom. The topological polar surface area (TPSA) is 88.2 Å². The molecule has 4 rings (SSSR count). The van der Waals surface area contributed by atoms with E-state index >= 15 is 0 Å². The number of benzene rings is 2. The van der Waals surface area contributed by atoms with Gasteiger partial charge in [-0.15, -0.1) is 0 Å². The number of hydrogen-bond donors (Lipinski definition) is 1. The predicted molar refractivity (Wildman–Crippen MR) is 119 cm³/mol. The third-order valence-corrected chi connectivity index (χ3v) is 6.05. The average Bonchev–Trinajstić information content (AvgIpc) is 3.26. The summed E-state index contributed by atoms with van der Waals surface area (Å²) in [6.45, 7) is 0.821. The van der Waals surface area contributed by atoms with Gasteiger partial charge in [0.2, 0.25) is 5.91 Å². The average molecular weight is 421 g/mol. The molecule has 2 aliphatic rings. The maximum atomic E-state index is 13.4. The Hall–Kier alpha value is -3.19. The molecule has 162 valence electrons. The Balaban J connectivity index is 1.60. The molecule has 2 aromatic carbocycles. The number of carbonyl (C=O) groups is 2. The van der Waals surface area contributed by atoms with Gasteiger partial charge in [0.1, 0.15) is 5.75 Å². The van der Waals surface area contributed by atoms with Crippen molar-refractivity contribution in [3.8, 4) is 5.75 Å². The molecule has 0 saturated carbocycles. The molecule has 0 unspecified atom stereocenters. The van der Waals surface area contributed by atoms with E-state index < -0.39 is 6.04 Å². The Kier molecular flexibility index (Phi) is 6.32. The molecule has 2 aromatic rings. The number of hydrogen-bond acceptors (Lipinski definition) is 5. The largest absolute Gasteiger partial charge is 0.497 e. The van der Waals surface area contributed by atoms with Gasteiger partial charge < -0.3 is 10.5 Å². The summed E-state index contributed by atoms with van der Waals surface area (Å²) < 4.78 is 5.27. The molecule has 2 atom stereocenters. The van der Waals surface area contributed by atoms with Gasteiger partial charge in [-0.25, -0.2) is 5.01 Å². The minimum absolute atomic E-state index is 0.125. The Labute approximate surface area is 182 Å². The normalized spacial score (nSPS) is 21.6. The van der Waals surface area contributed by atoms with Crippen molar-refractivity contribution < 1.29 is 14.3 Å². The summed E-state index contributed by atoms with van der Waals surface area (Å²) in [5.41, 5.74) is 8.46. The van der Waals surface area contributed by atoms with E-state index in [1.807, 2.05) is 59.5 Å². The van der Waals surface area contributed by atoms with Crippen molar-refractivity contribution in [2.24, 2.45) is 10.8 Å². The van der Waals surface area contributed by atoms with Crippen molar-refractivity contribution in [1.29, 1.82) is 0 Å². The molecule has 1 fully saturated rings. The van der Waals surface area contributed by atoms with Gasteiger partial charge in [0.05, 0.1) is 31.4 Å². The summed E-state index contributed by atoms with van der Waals surface area (Å²) in [7, 11) is 1.63. The van der Waals surface area contributed by atoms with Crippen LogP contribution in [0.5, 0.6) is 5.75 Å². The number of methoxy groups -OCH3 is 1. The standard InChI is InChI=1S/C24H28N4O3/c1-31-19-12-10-18(11-13-19)22-15-20(17-7-3-2-4-8-17)26-28(22)23(29)16-27-14-6-5-9-21(27)24(25)30/h2-4,7-8,10-13,21-22H,5-6,9,14-16H2,1H3,(H2,25,30)/t21-,22+/m0/s1. The van der Waals surface area contributed by atoms with Gasteiger partial charge in [0, 0.05) is 6.42 Å². The predicted octanol–water partition coefficient (Wildman–Crippen LogP) is 2.71. The molecule has 7 nitrogen and oxygen atoms in total. The first-order chi connectivity index (χ1) is 15.1. The fraction of sp³-hybridized carbons (Fsp3) is 0.375. The monoisotopic (exact) mass is 420 g/mol. The molecule has 7 heteroatoms. The number of rotatable bonds is 6. The second-order valence-electron chi connectivity index (χ2n) is 8.03. The molecule has 0 aromatic heterocycles. The lowest BCUT2D eigenvalue weighted by molar-refractivity contribution is -0.136. The van der Waals surface area contributed by atoms with Gasteiger partial charge in [0.25, 0.3) is 5.91 Å². The lowest BCUT2D eigenvalue weighted by Crippen LogP contribution is -2.51. The zero-order chi connectivity index (χ0) is 21.8. The van der Waals surface area contributed by atoms with Crippen LogP contribution in [0.4, 0.5) is 0 Å². The highest BCUT2D eigenvalue weighted by atomic mass is 16.5. The fourth-order valence-corrected chi connectivity index (χ4v) is 4.38. The van der Waals surface area contributed by atoms with Crippen molar-refractivity contribution in [3.05, 3.63) is 65.7 Å². The van der Waals surface area contributed by atoms with Crippen molar-refractivity contribution in [3.63, 3.8) is 0 Å². The van der Waals surface area contributed by atoms with Crippen molar-refractivity contribution in [2.45, 2.75) is 37.8 Å². The van der Waals surface area contributed by atoms with Crippen LogP contribution in [0.1, 0.15) is 42.9 Å². The van der Waals surface area contributed by atoms with E-state index in [9.17, 15) is 9.59 Å². The van der Waals surface area contributed by atoms with E-state index in [-0.39, 0.29) is 24.4 Å². The summed E-state index contributed by atoms with van der Waals surface area (Å²) in [4.78, 5) is 27.1. The number of carbonyl (C=O) groups excluding carboxylic acids is 2. The molecule has 2 heterocycles. The van der Waals surface area contributed by atoms with Crippen LogP contribution in [-0.4, -0.2) is 53.7 Å². The van der Waals surface area contributed by atoms with Crippen molar-refractivity contribution in [1.82, 2.24) is 9.91 Å². The molecular formula is C24H28N4O3. The second-order valence-corrected chi connectivity index (χ2v) is 8.03. The van der Waals surface area contributed by atoms with E-state index in [4.69, 9.17) is 15.6 Å². The van der Waals surface area contributed by atoms with E-state index in [0.717, 1.165) is 35.4 Å². The molecule has 2 aliphatic heterocycles. The highest BCUT2D eigenvalue weighted by molar-refractivity contribution is 6.03. The quantitative estimate of drug-likeness (QED) is 0.778. The zero-order valence-corrected chi connectivity index (χ0v) is 17.7. The summed E-state index contributed by atoms with van der Waals surface area (Å²) in [5, 5.41) is 6.30. The van der Waals surface area contributed by atoms with Gasteiger partial charge in [0.15, 0.2) is 0 Å². The van der Waals surface area contributed by atoms with Gasteiger partial charge in [-0.1, -0.05) is 48.9 Å². The van der Waals surface area contributed by atoms with E-state index in [0.29, 0.717) is 19.4 Å². The summed E-state index contributed by atoms with van der Waals surface area (Å²) in [5.74, 6) is 0.274. The number of likely N-dealkylation sites (tertiary alicyclic amines) is 1. The van der Waals surface area contributed by atoms with Crippen LogP contribution in [-0.2, 0) is 9.59 Å². The second kappa shape index (κ2) is 9.31.